The Labute approximate surface area is 273 Å². The van der Waals surface area contributed by atoms with Crippen molar-refractivity contribution in [3.8, 4) is 0 Å². The van der Waals surface area contributed by atoms with Gasteiger partial charge in [-0.25, -0.2) is 0 Å². The zero-order valence-electron chi connectivity index (χ0n) is 27.4. The normalized spacial score (nSPS) is 26.9. The third-order valence-corrected chi connectivity index (χ3v) is 10.2. The number of nitrogens with zero attached hydrogens (tertiary/aromatic N) is 3. The van der Waals surface area contributed by atoms with Crippen molar-refractivity contribution < 1.29 is 24.2 Å². The van der Waals surface area contributed by atoms with Crippen molar-refractivity contribution in [2.75, 3.05) is 26.2 Å². The Morgan fingerprint density at radius 2 is 1.61 bits per heavy atom. The summed E-state index contributed by atoms with van der Waals surface area (Å²) in [6.07, 6.45) is 7.64. The van der Waals surface area contributed by atoms with Gasteiger partial charge >= 0.3 is 0 Å². The van der Waals surface area contributed by atoms with E-state index in [0.717, 1.165) is 30.4 Å². The zero-order chi connectivity index (χ0) is 32.9. The fourth-order valence-electron chi connectivity index (χ4n) is 8.11. The molecule has 2 aromatic rings. The Bertz CT molecular complexity index is 1400. The first-order chi connectivity index (χ1) is 22.2. The largest absolute Gasteiger partial charge is 0.394 e. The van der Waals surface area contributed by atoms with Crippen LogP contribution in [0.2, 0.25) is 0 Å². The van der Waals surface area contributed by atoms with Gasteiger partial charge in [-0.3, -0.25) is 14.4 Å². The molecule has 3 heterocycles. The molecule has 8 heteroatoms. The number of carbonyl (C=O) groups is 3. The van der Waals surface area contributed by atoms with Crippen LogP contribution in [0.3, 0.4) is 0 Å². The van der Waals surface area contributed by atoms with Gasteiger partial charge in [-0.15, -0.1) is 13.2 Å². The maximum atomic E-state index is 14.9. The van der Waals surface area contributed by atoms with Crippen LogP contribution in [0.5, 0.6) is 0 Å². The molecule has 3 amide bonds. The van der Waals surface area contributed by atoms with Crippen LogP contribution in [0.25, 0.3) is 0 Å². The van der Waals surface area contributed by atoms with Gasteiger partial charge in [-0.1, -0.05) is 92.6 Å². The highest BCUT2D eigenvalue weighted by molar-refractivity contribution is 5.99. The molecule has 0 saturated carbocycles. The molecule has 2 unspecified atom stereocenters. The maximum absolute atomic E-state index is 14.9. The van der Waals surface area contributed by atoms with E-state index in [1.54, 1.807) is 26.9 Å². The van der Waals surface area contributed by atoms with E-state index in [-0.39, 0.29) is 24.3 Å². The summed E-state index contributed by atoms with van der Waals surface area (Å²) in [5, 5.41) is 10.8. The van der Waals surface area contributed by atoms with Crippen molar-refractivity contribution >= 4 is 17.7 Å². The fraction of sp³-hybridized carbons (Fsp3) is 0.500. The Hall–Kier alpha value is -3.75. The lowest BCUT2D eigenvalue weighted by molar-refractivity contribution is -0.156. The molecule has 246 valence electrons. The molecule has 3 fully saturated rings. The highest BCUT2D eigenvalue weighted by atomic mass is 16.5. The van der Waals surface area contributed by atoms with Crippen LogP contribution in [-0.4, -0.2) is 87.1 Å². The molecule has 8 nitrogen and oxygen atoms in total. The summed E-state index contributed by atoms with van der Waals surface area (Å²) in [5.41, 5.74) is -0.155. The van der Waals surface area contributed by atoms with Crippen molar-refractivity contribution in [1.29, 1.82) is 0 Å². The molecule has 0 aromatic heterocycles. The van der Waals surface area contributed by atoms with Gasteiger partial charge in [-0.2, -0.15) is 0 Å². The van der Waals surface area contributed by atoms with Crippen LogP contribution < -0.4 is 0 Å². The molecule has 0 aliphatic carbocycles. The third kappa shape index (κ3) is 6.17. The van der Waals surface area contributed by atoms with Gasteiger partial charge in [0.15, 0.2) is 0 Å². The minimum atomic E-state index is -1.18. The number of amides is 3. The molecule has 1 spiro atoms. The number of hydrogen-bond acceptors (Lipinski definition) is 5. The van der Waals surface area contributed by atoms with E-state index in [1.165, 1.54) is 0 Å². The summed E-state index contributed by atoms with van der Waals surface area (Å²) < 4.78 is 6.93. The molecule has 2 bridgehead atoms. The van der Waals surface area contributed by atoms with Gasteiger partial charge in [0.2, 0.25) is 17.7 Å². The highest BCUT2D eigenvalue weighted by Crippen LogP contribution is 2.64. The van der Waals surface area contributed by atoms with Gasteiger partial charge in [0.25, 0.3) is 0 Å². The number of likely N-dealkylation sites (tertiary alicyclic amines) is 1. The number of carbonyl (C=O) groups excluding carboxylic acids is 3. The van der Waals surface area contributed by atoms with Crippen LogP contribution in [0, 0.1) is 11.8 Å². The van der Waals surface area contributed by atoms with Crippen LogP contribution in [-0.2, 0) is 32.1 Å². The summed E-state index contributed by atoms with van der Waals surface area (Å²) in [4.78, 5) is 49.3. The topological polar surface area (TPSA) is 90.4 Å². The van der Waals surface area contributed by atoms with Gasteiger partial charge in [0.05, 0.1) is 30.1 Å². The van der Waals surface area contributed by atoms with Crippen molar-refractivity contribution in [3.63, 3.8) is 0 Å². The van der Waals surface area contributed by atoms with Gasteiger partial charge in [-0.05, 0) is 43.7 Å². The Morgan fingerprint density at radius 3 is 2.22 bits per heavy atom. The molecular weight excluding hydrogens is 578 g/mol. The van der Waals surface area contributed by atoms with Gasteiger partial charge < -0.3 is 24.5 Å². The number of benzene rings is 2. The molecule has 5 rings (SSSR count). The van der Waals surface area contributed by atoms with Gasteiger partial charge in [0.1, 0.15) is 11.6 Å². The van der Waals surface area contributed by atoms with E-state index in [1.807, 2.05) is 67.6 Å². The second-order valence-corrected chi connectivity index (χ2v) is 13.3. The maximum Gasteiger partial charge on any atom is 0.248 e. The highest BCUT2D eigenvalue weighted by Gasteiger charge is 2.78. The molecule has 6 atom stereocenters. The van der Waals surface area contributed by atoms with E-state index >= 15 is 0 Å². The molecule has 2 aromatic carbocycles. The number of unbranched alkanes of at least 4 members (excludes halogenated alkanes) is 2. The van der Waals surface area contributed by atoms with Crippen LogP contribution >= 0.6 is 0 Å². The number of aliphatic hydroxyl groups excluding tert-OH is 1. The molecule has 0 radical (unpaired) electrons. The summed E-state index contributed by atoms with van der Waals surface area (Å²) in [6.45, 7) is 13.1. The molecule has 3 saturated heterocycles. The van der Waals surface area contributed by atoms with E-state index in [9.17, 15) is 19.5 Å². The Morgan fingerprint density at radius 1 is 0.978 bits per heavy atom. The predicted octanol–water partition coefficient (Wildman–Crippen LogP) is 4.77. The first-order valence-corrected chi connectivity index (χ1v) is 16.7. The molecule has 46 heavy (non-hydrogen) atoms. The Kier molecular flexibility index (Phi) is 10.5. The monoisotopic (exact) mass is 627 g/mol. The lowest BCUT2D eigenvalue weighted by Crippen LogP contribution is -2.59. The van der Waals surface area contributed by atoms with Crippen molar-refractivity contribution in [2.45, 2.75) is 82.2 Å². The van der Waals surface area contributed by atoms with Gasteiger partial charge in [0, 0.05) is 26.2 Å². The summed E-state index contributed by atoms with van der Waals surface area (Å²) >= 11 is 0. The molecule has 3 aliphatic rings. The number of fused-ring (bicyclic) bond motifs is 1. The lowest BCUT2D eigenvalue weighted by atomic mass is 9.66. The summed E-state index contributed by atoms with van der Waals surface area (Å²) in [5.74, 6) is -2.29. The molecule has 3 aliphatic heterocycles. The lowest BCUT2D eigenvalue weighted by Gasteiger charge is -2.39. The number of hydrogen-bond donors (Lipinski definition) is 1. The number of aliphatic hydroxyl groups is 1. The number of rotatable bonds is 16. The van der Waals surface area contributed by atoms with Crippen LogP contribution in [0.4, 0.5) is 0 Å². The minimum absolute atomic E-state index is 0.172. The average Bonchev–Trinajstić information content (AvgIpc) is 3.64. The second-order valence-electron chi connectivity index (χ2n) is 13.3. The molecular formula is C38H49N3O5. The van der Waals surface area contributed by atoms with E-state index in [0.29, 0.717) is 45.4 Å². The first kappa shape index (κ1) is 33.6. The average molecular weight is 628 g/mol. The van der Waals surface area contributed by atoms with Crippen molar-refractivity contribution in [1.82, 2.24) is 14.7 Å². The van der Waals surface area contributed by atoms with E-state index in [4.69, 9.17) is 4.74 Å². The smallest absolute Gasteiger partial charge is 0.248 e. The minimum Gasteiger partial charge on any atom is -0.394 e. The molecule has 1 N–H and O–H groups in total. The first-order valence-electron chi connectivity index (χ1n) is 16.7. The van der Waals surface area contributed by atoms with E-state index in [2.05, 4.69) is 20.1 Å². The SMILES string of the molecule is C=CCN(CCCCC)C(=O)C1N([C@@H](CO)Cc2ccccc2)C(=O)[C@@H]2[C@@H](C(=O)N(CC=C)Cc3ccccc3)[C@@]3(C)CCC12O3. The predicted molar refractivity (Wildman–Crippen MR) is 178 cm³/mol. The van der Waals surface area contributed by atoms with E-state index < -0.39 is 35.1 Å². The summed E-state index contributed by atoms with van der Waals surface area (Å²) in [6, 6.07) is 17.8. The van der Waals surface area contributed by atoms with Crippen molar-refractivity contribution in [3.05, 3.63) is 97.1 Å². The third-order valence-electron chi connectivity index (χ3n) is 10.2. The van der Waals surface area contributed by atoms with Crippen LogP contribution in [0.15, 0.2) is 86.0 Å². The number of ether oxygens (including phenoxy) is 1. The fourth-order valence-corrected chi connectivity index (χ4v) is 8.11. The summed E-state index contributed by atoms with van der Waals surface area (Å²) in [7, 11) is 0. The standard InChI is InChI=1S/C38H49N3O5/c1-5-8-15-24-39(22-6-2)36(45)33-38-21-20-37(4,46-38)31(34(43)40(23-7-3)26-29-18-13-10-14-19-29)32(38)35(44)41(33)30(27-42)25-28-16-11-9-12-17-28/h6-7,9-14,16-19,30-33,42H,2-3,5,8,15,20-27H2,1,4H3/t30-,31+,32+,33?,37-,38?/m1/s1. The zero-order valence-corrected chi connectivity index (χ0v) is 27.4. The van der Waals surface area contributed by atoms with Crippen LogP contribution in [0.1, 0.15) is 57.1 Å². The Balaban J connectivity index is 1.57. The van der Waals surface area contributed by atoms with Crippen molar-refractivity contribution in [2.24, 2.45) is 11.8 Å². The second kappa shape index (κ2) is 14.3. The quantitative estimate of drug-likeness (QED) is 0.214.